The van der Waals surface area contributed by atoms with Crippen molar-refractivity contribution >= 4 is 53.9 Å². The van der Waals surface area contributed by atoms with Gasteiger partial charge >= 0.3 is 0 Å². The molecule has 0 saturated carbocycles. The highest BCUT2D eigenvalue weighted by Gasteiger charge is 1.96. The third-order valence-corrected chi connectivity index (χ3v) is 6.89. The van der Waals surface area contributed by atoms with Crippen molar-refractivity contribution in [3.8, 4) is 0 Å². The highest BCUT2D eigenvalue weighted by Crippen LogP contribution is 2.23. The summed E-state index contributed by atoms with van der Waals surface area (Å²) in [4.78, 5) is 0. The first-order chi connectivity index (χ1) is 18.8. The second kappa shape index (κ2) is 11.0. The van der Waals surface area contributed by atoms with E-state index in [1.54, 1.807) is 0 Å². The zero-order valence-corrected chi connectivity index (χ0v) is 21.2. The third kappa shape index (κ3) is 5.26. The first kappa shape index (κ1) is 23.5. The summed E-state index contributed by atoms with van der Waals surface area (Å²) in [5.74, 6) is 0. The van der Waals surface area contributed by atoms with E-state index in [4.69, 9.17) is 0 Å². The third-order valence-electron chi connectivity index (χ3n) is 6.89. The number of hydrogen-bond acceptors (Lipinski definition) is 0. The fourth-order valence-electron chi connectivity index (χ4n) is 4.90. The van der Waals surface area contributed by atoms with Gasteiger partial charge in [-0.05, 0) is 78.1 Å². The predicted octanol–water partition coefficient (Wildman–Crippen LogP) is 10.8. The van der Waals surface area contributed by atoms with Crippen molar-refractivity contribution in [2.24, 2.45) is 0 Å². The largest absolute Gasteiger partial charge is 0.0616 e. The Balaban J connectivity index is 0.000000106. The molecule has 180 valence electrons. The maximum atomic E-state index is 2.24. The van der Waals surface area contributed by atoms with E-state index >= 15 is 0 Å². The molecule has 0 fully saturated rings. The summed E-state index contributed by atoms with van der Waals surface area (Å²) in [5, 5.41) is 13.1. The van der Waals surface area contributed by atoms with E-state index in [1.165, 1.54) is 53.9 Å². The van der Waals surface area contributed by atoms with Crippen molar-refractivity contribution in [2.45, 2.75) is 0 Å². The van der Waals surface area contributed by atoms with Gasteiger partial charge in [0, 0.05) is 0 Å². The average molecular weight is 485 g/mol. The van der Waals surface area contributed by atoms with Crippen molar-refractivity contribution in [1.82, 2.24) is 0 Å². The fourth-order valence-corrected chi connectivity index (χ4v) is 4.90. The molecule has 38 heavy (non-hydrogen) atoms. The van der Waals surface area contributed by atoms with E-state index in [-0.39, 0.29) is 0 Å². The van der Waals surface area contributed by atoms with Crippen LogP contribution in [0.3, 0.4) is 0 Å². The van der Waals surface area contributed by atoms with Crippen molar-refractivity contribution in [3.05, 3.63) is 170 Å². The quantitative estimate of drug-likeness (QED) is 0.188. The van der Waals surface area contributed by atoms with E-state index in [0.29, 0.717) is 0 Å². The average Bonchev–Trinajstić information content (AvgIpc) is 2.99. The van der Waals surface area contributed by atoms with Gasteiger partial charge in [-0.15, -0.1) is 0 Å². The standard InChI is InChI=1S/2C14H10.C10H8/c2*1-2-6-12-10-14-8-4-3-7-13(14)9-11(12)5-1;1-2-6-10-8-4-3-7-9(10)5-1/h2*1-10H;1-8H. The molecule has 0 aliphatic rings. The Kier molecular flexibility index (Phi) is 6.78. The Morgan fingerprint density at radius 1 is 0.158 bits per heavy atom. The maximum absolute atomic E-state index is 2.24. The number of benzene rings is 8. The first-order valence-electron chi connectivity index (χ1n) is 13.0. The van der Waals surface area contributed by atoms with Gasteiger partial charge in [0.1, 0.15) is 0 Å². The minimum Gasteiger partial charge on any atom is -0.0616 e. The van der Waals surface area contributed by atoms with Crippen LogP contribution in [0.5, 0.6) is 0 Å². The van der Waals surface area contributed by atoms with Crippen LogP contribution < -0.4 is 0 Å². The van der Waals surface area contributed by atoms with Crippen LogP contribution in [-0.4, -0.2) is 0 Å². The molecule has 8 aromatic carbocycles. The lowest BCUT2D eigenvalue weighted by Crippen LogP contribution is -1.74. The smallest absolute Gasteiger partial charge is 0.0178 e. The molecule has 0 spiro atoms. The minimum absolute atomic E-state index is 1.31. The molecule has 0 atom stereocenters. The van der Waals surface area contributed by atoms with Gasteiger partial charge in [-0.1, -0.05) is 146 Å². The normalized spacial score (nSPS) is 10.6. The molecule has 0 amide bonds. The van der Waals surface area contributed by atoms with Gasteiger partial charge in [-0.3, -0.25) is 0 Å². The van der Waals surface area contributed by atoms with Gasteiger partial charge < -0.3 is 0 Å². The van der Waals surface area contributed by atoms with E-state index in [1.807, 2.05) is 0 Å². The zero-order valence-electron chi connectivity index (χ0n) is 21.2. The zero-order chi connectivity index (χ0) is 25.6. The molecule has 0 heterocycles. The molecular formula is C38H28. The van der Waals surface area contributed by atoms with Crippen molar-refractivity contribution < 1.29 is 0 Å². The van der Waals surface area contributed by atoms with Crippen LogP contribution >= 0.6 is 0 Å². The molecule has 0 N–H and O–H groups in total. The van der Waals surface area contributed by atoms with Gasteiger partial charge in [0.2, 0.25) is 0 Å². The van der Waals surface area contributed by atoms with Crippen LogP contribution in [0.2, 0.25) is 0 Å². The molecule has 0 saturated heterocycles. The first-order valence-corrected chi connectivity index (χ1v) is 13.0. The molecule has 0 radical (unpaired) electrons. The predicted molar refractivity (Wildman–Crippen MR) is 167 cm³/mol. The molecule has 8 rings (SSSR count). The molecule has 0 bridgehead atoms. The van der Waals surface area contributed by atoms with E-state index < -0.39 is 0 Å². The molecule has 0 aromatic heterocycles. The highest BCUT2D eigenvalue weighted by molar-refractivity contribution is 5.99. The molecule has 0 heteroatoms. The second-order valence-corrected chi connectivity index (χ2v) is 9.44. The molecule has 0 unspecified atom stereocenters. The fraction of sp³-hybridized carbons (Fsp3) is 0. The molecule has 0 aliphatic carbocycles. The number of rotatable bonds is 0. The summed E-state index contributed by atoms with van der Waals surface area (Å²) in [7, 11) is 0. The summed E-state index contributed by atoms with van der Waals surface area (Å²) < 4.78 is 0. The summed E-state index contributed by atoms with van der Waals surface area (Å²) >= 11 is 0. The Bertz CT molecular complexity index is 1590. The SMILES string of the molecule is c1ccc2cc3ccccc3cc2c1.c1ccc2cc3ccccc3cc2c1.c1ccc2ccccc2c1. The minimum atomic E-state index is 1.31. The highest BCUT2D eigenvalue weighted by atomic mass is 14.0. The molecular weight excluding hydrogens is 456 g/mol. The second-order valence-electron chi connectivity index (χ2n) is 9.44. The topological polar surface area (TPSA) is 0 Å². The molecule has 0 nitrogen and oxygen atoms in total. The maximum Gasteiger partial charge on any atom is -0.0178 e. The summed E-state index contributed by atoms with van der Waals surface area (Å²) in [5.41, 5.74) is 0. The summed E-state index contributed by atoms with van der Waals surface area (Å²) in [6.45, 7) is 0. The van der Waals surface area contributed by atoms with Crippen LogP contribution in [0.25, 0.3) is 53.9 Å². The lowest BCUT2D eigenvalue weighted by molar-refractivity contribution is 1.75. The van der Waals surface area contributed by atoms with E-state index in [2.05, 4.69) is 170 Å². The van der Waals surface area contributed by atoms with Crippen molar-refractivity contribution in [1.29, 1.82) is 0 Å². The van der Waals surface area contributed by atoms with Crippen LogP contribution in [0.1, 0.15) is 0 Å². The van der Waals surface area contributed by atoms with Gasteiger partial charge in [0.05, 0.1) is 0 Å². The van der Waals surface area contributed by atoms with Crippen molar-refractivity contribution in [3.63, 3.8) is 0 Å². The Morgan fingerprint density at radius 3 is 0.447 bits per heavy atom. The Hall–Kier alpha value is -4.94. The number of hydrogen-bond donors (Lipinski definition) is 0. The van der Waals surface area contributed by atoms with Crippen LogP contribution in [0.15, 0.2) is 170 Å². The lowest BCUT2D eigenvalue weighted by Gasteiger charge is -2.00. The van der Waals surface area contributed by atoms with Crippen LogP contribution in [-0.2, 0) is 0 Å². The number of fused-ring (bicyclic) bond motifs is 5. The molecule has 8 aromatic rings. The summed E-state index contributed by atoms with van der Waals surface area (Å²) in [6, 6.07) is 59.6. The Labute approximate surface area is 223 Å². The van der Waals surface area contributed by atoms with E-state index in [0.717, 1.165) is 0 Å². The van der Waals surface area contributed by atoms with Gasteiger partial charge in [-0.2, -0.15) is 0 Å². The van der Waals surface area contributed by atoms with Crippen LogP contribution in [0.4, 0.5) is 0 Å². The summed E-state index contributed by atoms with van der Waals surface area (Å²) in [6.07, 6.45) is 0. The molecule has 0 aliphatic heterocycles. The van der Waals surface area contributed by atoms with Crippen LogP contribution in [0, 0.1) is 0 Å². The van der Waals surface area contributed by atoms with Gasteiger partial charge in [0.15, 0.2) is 0 Å². The van der Waals surface area contributed by atoms with E-state index in [9.17, 15) is 0 Å². The lowest BCUT2D eigenvalue weighted by atomic mass is 10.0. The Morgan fingerprint density at radius 2 is 0.289 bits per heavy atom. The van der Waals surface area contributed by atoms with Gasteiger partial charge in [-0.25, -0.2) is 0 Å². The van der Waals surface area contributed by atoms with Gasteiger partial charge in [0.25, 0.3) is 0 Å². The van der Waals surface area contributed by atoms with Crippen molar-refractivity contribution in [2.75, 3.05) is 0 Å². The monoisotopic (exact) mass is 484 g/mol.